The molecule has 0 atom stereocenters. The summed E-state index contributed by atoms with van der Waals surface area (Å²) in [6.45, 7) is 1.79. The average molecular weight is 155 g/mol. The standard InChI is InChI=1S/C10H7N2/c1-2-7-12-8-5-9-4-3-6-11-10(9)12/h3-6H,1H3. The van der Waals surface area contributed by atoms with E-state index in [4.69, 9.17) is 0 Å². The van der Waals surface area contributed by atoms with Crippen molar-refractivity contribution in [3.8, 4) is 12.0 Å². The molecule has 0 amide bonds. The van der Waals surface area contributed by atoms with Gasteiger partial charge in [-0.2, -0.15) is 0 Å². The van der Waals surface area contributed by atoms with Crippen LogP contribution in [0.4, 0.5) is 0 Å². The Morgan fingerprint density at radius 2 is 2.50 bits per heavy atom. The van der Waals surface area contributed by atoms with Crippen LogP contribution in [0, 0.1) is 18.2 Å². The summed E-state index contributed by atoms with van der Waals surface area (Å²) in [5.74, 6) is 2.80. The summed E-state index contributed by atoms with van der Waals surface area (Å²) in [6.07, 6.45) is 4.75. The fourth-order valence-corrected chi connectivity index (χ4v) is 1.10. The Kier molecular flexibility index (Phi) is 1.56. The second-order valence-electron chi connectivity index (χ2n) is 2.39. The third kappa shape index (κ3) is 0.960. The van der Waals surface area contributed by atoms with Gasteiger partial charge in [-0.25, -0.2) is 4.98 Å². The molecule has 0 N–H and O–H groups in total. The van der Waals surface area contributed by atoms with Crippen LogP contribution in [0.1, 0.15) is 6.92 Å². The Bertz CT molecular complexity index is 457. The first-order valence-corrected chi connectivity index (χ1v) is 3.69. The number of hydrogen-bond donors (Lipinski definition) is 0. The van der Waals surface area contributed by atoms with Gasteiger partial charge in [-0.15, -0.1) is 0 Å². The van der Waals surface area contributed by atoms with E-state index in [1.54, 1.807) is 17.7 Å². The summed E-state index contributed by atoms with van der Waals surface area (Å²) in [5, 5.41) is 1.07. The lowest BCUT2D eigenvalue weighted by Gasteiger charge is -1.90. The fraction of sp³-hybridized carbons (Fsp3) is 0.100. The summed E-state index contributed by atoms with van der Waals surface area (Å²) in [4.78, 5) is 4.19. The minimum atomic E-state index is 0.867. The van der Waals surface area contributed by atoms with Gasteiger partial charge in [0.15, 0.2) is 5.65 Å². The molecular weight excluding hydrogens is 148 g/mol. The van der Waals surface area contributed by atoms with Crippen molar-refractivity contribution in [3.05, 3.63) is 30.6 Å². The van der Waals surface area contributed by atoms with Gasteiger partial charge in [-0.05, 0) is 25.1 Å². The molecule has 0 spiro atoms. The first kappa shape index (κ1) is 6.93. The molecule has 57 valence electrons. The third-order valence-corrected chi connectivity index (χ3v) is 1.60. The van der Waals surface area contributed by atoms with E-state index in [9.17, 15) is 0 Å². The van der Waals surface area contributed by atoms with Crippen LogP contribution in [-0.2, 0) is 0 Å². The van der Waals surface area contributed by atoms with Crippen LogP contribution in [0.2, 0.25) is 0 Å². The predicted molar refractivity (Wildman–Crippen MR) is 47.4 cm³/mol. The average Bonchev–Trinajstić information content (AvgIpc) is 2.50. The Labute approximate surface area is 70.8 Å². The highest BCUT2D eigenvalue weighted by Crippen LogP contribution is 2.09. The molecule has 0 bridgehead atoms. The summed E-state index contributed by atoms with van der Waals surface area (Å²) in [5.41, 5.74) is 0.867. The maximum absolute atomic E-state index is 4.19. The van der Waals surface area contributed by atoms with Crippen molar-refractivity contribution >= 4 is 11.0 Å². The highest BCUT2D eigenvalue weighted by atomic mass is 15.0. The lowest BCUT2D eigenvalue weighted by molar-refractivity contribution is 1.14. The Balaban J connectivity index is 2.76. The van der Waals surface area contributed by atoms with Crippen molar-refractivity contribution in [2.45, 2.75) is 6.92 Å². The molecule has 0 aliphatic rings. The second-order valence-corrected chi connectivity index (χ2v) is 2.39. The van der Waals surface area contributed by atoms with Gasteiger partial charge in [0, 0.05) is 17.6 Å². The second kappa shape index (κ2) is 2.71. The topological polar surface area (TPSA) is 17.8 Å². The van der Waals surface area contributed by atoms with Crippen LogP contribution in [0.5, 0.6) is 0 Å². The van der Waals surface area contributed by atoms with E-state index < -0.39 is 0 Å². The smallest absolute Gasteiger partial charge is 0.152 e. The minimum Gasteiger partial charge on any atom is -0.250 e. The van der Waals surface area contributed by atoms with Gasteiger partial charge in [0.2, 0.25) is 0 Å². The number of pyridine rings is 1. The normalized spacial score (nSPS) is 9.42. The van der Waals surface area contributed by atoms with Crippen molar-refractivity contribution in [1.29, 1.82) is 0 Å². The number of rotatable bonds is 0. The van der Waals surface area contributed by atoms with Crippen molar-refractivity contribution < 1.29 is 0 Å². The lowest BCUT2D eigenvalue weighted by atomic mass is 10.3. The number of nitrogens with zero attached hydrogens (tertiary/aromatic N) is 2. The number of hydrogen-bond acceptors (Lipinski definition) is 1. The van der Waals surface area contributed by atoms with Gasteiger partial charge in [0.25, 0.3) is 0 Å². The van der Waals surface area contributed by atoms with Crippen molar-refractivity contribution in [1.82, 2.24) is 9.55 Å². The minimum absolute atomic E-state index is 0.867. The van der Waals surface area contributed by atoms with E-state index in [1.807, 2.05) is 18.2 Å². The van der Waals surface area contributed by atoms with E-state index in [2.05, 4.69) is 23.1 Å². The monoisotopic (exact) mass is 155 g/mol. The zero-order valence-electron chi connectivity index (χ0n) is 6.70. The van der Waals surface area contributed by atoms with Crippen LogP contribution in [-0.4, -0.2) is 9.55 Å². The first-order chi connectivity index (χ1) is 5.92. The highest BCUT2D eigenvalue weighted by molar-refractivity contribution is 5.76. The van der Waals surface area contributed by atoms with Crippen LogP contribution in [0.3, 0.4) is 0 Å². The maximum atomic E-state index is 4.19. The van der Waals surface area contributed by atoms with E-state index in [0.717, 1.165) is 11.0 Å². The summed E-state index contributed by atoms with van der Waals surface area (Å²) in [6, 6.07) is 8.66. The Morgan fingerprint density at radius 1 is 1.58 bits per heavy atom. The molecule has 2 aromatic heterocycles. The molecule has 0 saturated carbocycles. The number of fused-ring (bicyclic) bond motifs is 1. The van der Waals surface area contributed by atoms with E-state index in [0.29, 0.717) is 0 Å². The van der Waals surface area contributed by atoms with Gasteiger partial charge in [0.05, 0.1) is 6.20 Å². The van der Waals surface area contributed by atoms with Gasteiger partial charge in [-0.3, -0.25) is 4.57 Å². The lowest BCUT2D eigenvalue weighted by Crippen LogP contribution is -1.87. The predicted octanol–water partition coefficient (Wildman–Crippen LogP) is 1.67. The largest absolute Gasteiger partial charge is 0.250 e. The van der Waals surface area contributed by atoms with Crippen LogP contribution < -0.4 is 0 Å². The molecule has 12 heavy (non-hydrogen) atoms. The van der Waals surface area contributed by atoms with E-state index in [1.165, 1.54) is 0 Å². The molecule has 2 rings (SSSR count). The summed E-state index contributed by atoms with van der Waals surface area (Å²) >= 11 is 0. The maximum Gasteiger partial charge on any atom is 0.152 e. The molecule has 0 unspecified atom stereocenters. The summed E-state index contributed by atoms with van der Waals surface area (Å²) in [7, 11) is 0. The van der Waals surface area contributed by atoms with Crippen molar-refractivity contribution in [2.75, 3.05) is 0 Å². The molecule has 0 saturated heterocycles. The van der Waals surface area contributed by atoms with Gasteiger partial charge in [-0.1, -0.05) is 5.92 Å². The molecular formula is C10H7N2. The quantitative estimate of drug-likeness (QED) is 0.529. The molecule has 2 aromatic rings. The van der Waals surface area contributed by atoms with Crippen molar-refractivity contribution in [3.63, 3.8) is 0 Å². The molecule has 2 nitrogen and oxygen atoms in total. The molecule has 1 radical (unpaired) electrons. The van der Waals surface area contributed by atoms with E-state index >= 15 is 0 Å². The zero-order valence-corrected chi connectivity index (χ0v) is 6.70. The molecule has 0 aliphatic carbocycles. The summed E-state index contributed by atoms with van der Waals surface area (Å²) < 4.78 is 1.70. The Hall–Kier alpha value is -1.75. The van der Waals surface area contributed by atoms with Gasteiger partial charge < -0.3 is 0 Å². The third-order valence-electron chi connectivity index (χ3n) is 1.60. The van der Waals surface area contributed by atoms with Crippen LogP contribution in [0.15, 0.2) is 24.4 Å². The van der Waals surface area contributed by atoms with Crippen LogP contribution in [0.25, 0.3) is 11.0 Å². The van der Waals surface area contributed by atoms with Crippen LogP contribution >= 0.6 is 0 Å². The fourth-order valence-electron chi connectivity index (χ4n) is 1.10. The van der Waals surface area contributed by atoms with Gasteiger partial charge in [0.1, 0.15) is 0 Å². The molecule has 0 aliphatic heterocycles. The number of aromatic nitrogens is 2. The zero-order chi connectivity index (χ0) is 8.39. The highest BCUT2D eigenvalue weighted by Gasteiger charge is 1.97. The molecule has 0 aromatic carbocycles. The van der Waals surface area contributed by atoms with Gasteiger partial charge >= 0.3 is 0 Å². The Morgan fingerprint density at radius 3 is 3.33 bits per heavy atom. The SMILES string of the molecule is CC#Cn1[c]cc2cccnc21. The van der Waals surface area contributed by atoms with E-state index in [-0.39, 0.29) is 0 Å². The molecule has 2 heterocycles. The molecule has 2 heteroatoms. The molecule has 0 fully saturated rings. The first-order valence-electron chi connectivity index (χ1n) is 3.69. The van der Waals surface area contributed by atoms with Crippen molar-refractivity contribution in [2.24, 2.45) is 0 Å².